The van der Waals surface area contributed by atoms with Gasteiger partial charge in [0.25, 0.3) is 0 Å². The van der Waals surface area contributed by atoms with Crippen LogP contribution in [0.2, 0.25) is 0 Å². The number of pyridine rings is 1. The summed E-state index contributed by atoms with van der Waals surface area (Å²) < 4.78 is 5.16. The van der Waals surface area contributed by atoms with Gasteiger partial charge in [0, 0.05) is 23.4 Å². The smallest absolute Gasteiger partial charge is 0.119 e. The van der Waals surface area contributed by atoms with Gasteiger partial charge in [-0.25, -0.2) is 0 Å². The van der Waals surface area contributed by atoms with Crippen molar-refractivity contribution in [2.75, 3.05) is 7.11 Å². The molecule has 0 aliphatic heterocycles. The Bertz CT molecular complexity index is 572. The summed E-state index contributed by atoms with van der Waals surface area (Å²) in [5, 5.41) is 9.84. The van der Waals surface area contributed by atoms with Gasteiger partial charge in [-0.2, -0.15) is 5.26 Å². The third-order valence-corrected chi connectivity index (χ3v) is 2.69. The van der Waals surface area contributed by atoms with E-state index in [0.717, 1.165) is 22.3 Å². The number of nitriles is 1. The van der Waals surface area contributed by atoms with E-state index in [4.69, 9.17) is 10.00 Å². The second-order valence-electron chi connectivity index (χ2n) is 4.10. The van der Waals surface area contributed by atoms with Crippen molar-refractivity contribution >= 4 is 10.9 Å². The highest BCUT2D eigenvalue weighted by atomic mass is 16.5. The molecule has 0 saturated carbocycles. The van der Waals surface area contributed by atoms with Crippen LogP contribution >= 0.6 is 0 Å². The lowest BCUT2D eigenvalue weighted by Gasteiger charge is -2.05. The molecule has 0 spiro atoms. The van der Waals surface area contributed by atoms with E-state index in [-0.39, 0.29) is 5.92 Å². The van der Waals surface area contributed by atoms with Gasteiger partial charge in [0.1, 0.15) is 5.75 Å². The van der Waals surface area contributed by atoms with E-state index in [1.54, 1.807) is 7.11 Å². The quantitative estimate of drug-likeness (QED) is 0.808. The number of fused-ring (bicyclic) bond motifs is 1. The molecule has 1 unspecified atom stereocenters. The van der Waals surface area contributed by atoms with Crippen LogP contribution in [0, 0.1) is 17.2 Å². The first-order valence-electron chi connectivity index (χ1n) is 5.56. The highest BCUT2D eigenvalue weighted by Gasteiger charge is 2.04. The van der Waals surface area contributed by atoms with E-state index in [1.165, 1.54) is 0 Å². The summed E-state index contributed by atoms with van der Waals surface area (Å²) in [6, 6.07) is 12.0. The van der Waals surface area contributed by atoms with Gasteiger partial charge in [0.05, 0.1) is 18.7 Å². The van der Waals surface area contributed by atoms with Gasteiger partial charge in [-0.1, -0.05) is 6.07 Å². The van der Waals surface area contributed by atoms with Crippen LogP contribution in [0.4, 0.5) is 0 Å². The van der Waals surface area contributed by atoms with E-state index in [1.807, 2.05) is 37.3 Å². The van der Waals surface area contributed by atoms with Crippen molar-refractivity contribution < 1.29 is 4.74 Å². The zero-order chi connectivity index (χ0) is 12.3. The third kappa shape index (κ3) is 2.54. The van der Waals surface area contributed by atoms with Gasteiger partial charge in [-0.05, 0) is 31.2 Å². The molecule has 86 valence electrons. The number of ether oxygens (including phenoxy) is 1. The number of hydrogen-bond donors (Lipinski definition) is 0. The SMILES string of the molecule is COc1ccc2nc(CC(C)C#N)ccc2c1. The molecule has 0 aliphatic rings. The molecule has 0 fully saturated rings. The maximum atomic E-state index is 8.78. The average Bonchev–Trinajstić information content (AvgIpc) is 2.38. The number of nitrogens with zero attached hydrogens (tertiary/aromatic N) is 2. The third-order valence-electron chi connectivity index (χ3n) is 2.69. The molecule has 0 bridgehead atoms. The summed E-state index contributed by atoms with van der Waals surface area (Å²) >= 11 is 0. The highest BCUT2D eigenvalue weighted by molar-refractivity contribution is 5.80. The van der Waals surface area contributed by atoms with Crippen molar-refractivity contribution in [1.29, 1.82) is 5.26 Å². The van der Waals surface area contributed by atoms with E-state index in [2.05, 4.69) is 11.1 Å². The Morgan fingerprint density at radius 2 is 2.18 bits per heavy atom. The summed E-state index contributed by atoms with van der Waals surface area (Å²) in [6.07, 6.45) is 0.693. The van der Waals surface area contributed by atoms with E-state index >= 15 is 0 Å². The summed E-state index contributed by atoms with van der Waals surface area (Å²) in [7, 11) is 1.65. The number of aromatic nitrogens is 1. The lowest BCUT2D eigenvalue weighted by atomic mass is 10.1. The molecular weight excluding hydrogens is 212 g/mol. The van der Waals surface area contributed by atoms with Crippen molar-refractivity contribution in [3.8, 4) is 11.8 Å². The molecule has 0 aliphatic carbocycles. The molecule has 3 nitrogen and oxygen atoms in total. The minimum atomic E-state index is -0.00167. The molecule has 0 amide bonds. The molecule has 17 heavy (non-hydrogen) atoms. The van der Waals surface area contributed by atoms with Crippen LogP contribution in [0.15, 0.2) is 30.3 Å². The standard InChI is InChI=1S/C14H14N2O/c1-10(9-15)7-12-4-3-11-8-13(17-2)5-6-14(11)16-12/h3-6,8,10H,7H2,1-2H3. The van der Waals surface area contributed by atoms with Crippen molar-refractivity contribution in [2.24, 2.45) is 5.92 Å². The Kier molecular flexibility index (Phi) is 3.24. The van der Waals surface area contributed by atoms with Crippen molar-refractivity contribution in [3.63, 3.8) is 0 Å². The first kappa shape index (κ1) is 11.4. The molecule has 1 aromatic carbocycles. The maximum absolute atomic E-state index is 8.78. The molecular formula is C14H14N2O. The maximum Gasteiger partial charge on any atom is 0.119 e. The first-order valence-corrected chi connectivity index (χ1v) is 5.56. The second-order valence-corrected chi connectivity index (χ2v) is 4.10. The Balaban J connectivity index is 2.35. The fourth-order valence-electron chi connectivity index (χ4n) is 1.75. The summed E-state index contributed by atoms with van der Waals surface area (Å²) in [6.45, 7) is 1.90. The monoisotopic (exact) mass is 226 g/mol. The predicted octanol–water partition coefficient (Wildman–Crippen LogP) is 2.95. The second kappa shape index (κ2) is 4.84. The van der Waals surface area contributed by atoms with Crippen LogP contribution in [-0.4, -0.2) is 12.1 Å². The van der Waals surface area contributed by atoms with Gasteiger partial charge in [0.2, 0.25) is 0 Å². The molecule has 1 heterocycles. The van der Waals surface area contributed by atoms with Crippen LogP contribution in [-0.2, 0) is 6.42 Å². The minimum Gasteiger partial charge on any atom is -0.497 e. The molecule has 2 rings (SSSR count). The highest BCUT2D eigenvalue weighted by Crippen LogP contribution is 2.20. The average molecular weight is 226 g/mol. The normalized spacial score (nSPS) is 12.1. The summed E-state index contributed by atoms with van der Waals surface area (Å²) in [5.74, 6) is 0.829. The van der Waals surface area contributed by atoms with Gasteiger partial charge in [-0.15, -0.1) is 0 Å². The molecule has 3 heteroatoms. The summed E-state index contributed by atoms with van der Waals surface area (Å²) in [5.41, 5.74) is 1.89. The molecule has 0 N–H and O–H groups in total. The van der Waals surface area contributed by atoms with Crippen LogP contribution in [0.1, 0.15) is 12.6 Å². The van der Waals surface area contributed by atoms with Gasteiger partial charge < -0.3 is 4.74 Å². The van der Waals surface area contributed by atoms with Gasteiger partial charge in [-0.3, -0.25) is 4.98 Å². The number of benzene rings is 1. The van der Waals surface area contributed by atoms with Crippen LogP contribution in [0.25, 0.3) is 10.9 Å². The zero-order valence-corrected chi connectivity index (χ0v) is 9.97. The minimum absolute atomic E-state index is 0.00167. The van der Waals surface area contributed by atoms with Crippen LogP contribution < -0.4 is 4.74 Å². The molecule has 2 aromatic rings. The number of hydrogen-bond acceptors (Lipinski definition) is 3. The summed E-state index contributed by atoms with van der Waals surface area (Å²) in [4.78, 5) is 4.53. The molecule has 0 saturated heterocycles. The van der Waals surface area contributed by atoms with E-state index in [9.17, 15) is 0 Å². The topological polar surface area (TPSA) is 45.9 Å². The van der Waals surface area contributed by atoms with Crippen LogP contribution in [0.5, 0.6) is 5.75 Å². The Labute approximate surface area is 101 Å². The van der Waals surface area contributed by atoms with Crippen molar-refractivity contribution in [2.45, 2.75) is 13.3 Å². The lowest BCUT2D eigenvalue weighted by Crippen LogP contribution is -1.98. The first-order chi connectivity index (χ1) is 8.22. The largest absolute Gasteiger partial charge is 0.497 e. The molecule has 1 atom stereocenters. The number of rotatable bonds is 3. The van der Waals surface area contributed by atoms with Gasteiger partial charge >= 0.3 is 0 Å². The van der Waals surface area contributed by atoms with Crippen LogP contribution in [0.3, 0.4) is 0 Å². The lowest BCUT2D eigenvalue weighted by molar-refractivity contribution is 0.415. The van der Waals surface area contributed by atoms with E-state index in [0.29, 0.717) is 6.42 Å². The zero-order valence-electron chi connectivity index (χ0n) is 9.97. The Morgan fingerprint density at radius 3 is 2.88 bits per heavy atom. The molecule has 0 radical (unpaired) electrons. The Morgan fingerprint density at radius 1 is 1.35 bits per heavy atom. The van der Waals surface area contributed by atoms with Crippen molar-refractivity contribution in [3.05, 3.63) is 36.0 Å². The van der Waals surface area contributed by atoms with E-state index < -0.39 is 0 Å². The fraction of sp³-hybridized carbons (Fsp3) is 0.286. The molecule has 1 aromatic heterocycles. The predicted molar refractivity (Wildman–Crippen MR) is 66.8 cm³/mol. The Hall–Kier alpha value is -2.08. The number of methoxy groups -OCH3 is 1. The fourth-order valence-corrected chi connectivity index (χ4v) is 1.75. The van der Waals surface area contributed by atoms with Crippen molar-refractivity contribution in [1.82, 2.24) is 4.98 Å². The van der Waals surface area contributed by atoms with Gasteiger partial charge in [0.15, 0.2) is 0 Å².